The van der Waals surface area contributed by atoms with Gasteiger partial charge in [-0.2, -0.15) is 5.26 Å². The number of benzene rings is 1. The molecule has 72 valence electrons. The van der Waals surface area contributed by atoms with Crippen molar-refractivity contribution in [1.29, 1.82) is 5.26 Å². The van der Waals surface area contributed by atoms with Crippen molar-refractivity contribution in [3.05, 3.63) is 36.4 Å². The Bertz CT molecular complexity index is 363. The van der Waals surface area contributed by atoms with Gasteiger partial charge < -0.3 is 11.1 Å². The highest BCUT2D eigenvalue weighted by molar-refractivity contribution is 5.68. The monoisotopic (exact) mass is 187 g/mol. The smallest absolute Gasteiger partial charge is 0.0992 e. The van der Waals surface area contributed by atoms with E-state index < -0.39 is 0 Å². The molecule has 0 saturated heterocycles. The van der Waals surface area contributed by atoms with Crippen LogP contribution in [0.5, 0.6) is 0 Å². The maximum atomic E-state index is 8.69. The summed E-state index contributed by atoms with van der Waals surface area (Å²) in [6, 6.07) is 7.25. The molecule has 0 saturated carbocycles. The first-order valence-electron chi connectivity index (χ1n) is 4.42. The van der Waals surface area contributed by atoms with Gasteiger partial charge in [-0.05, 0) is 24.6 Å². The van der Waals surface area contributed by atoms with Crippen molar-refractivity contribution in [3.8, 4) is 6.07 Å². The van der Waals surface area contributed by atoms with E-state index in [0.29, 0.717) is 11.3 Å². The van der Waals surface area contributed by atoms with Crippen molar-refractivity contribution in [2.24, 2.45) is 0 Å². The number of nitrogens with zero attached hydrogens (tertiary/aromatic N) is 1. The largest absolute Gasteiger partial charge is 0.397 e. The Labute approximate surface area is 83.8 Å². The van der Waals surface area contributed by atoms with E-state index in [1.807, 2.05) is 6.08 Å². The van der Waals surface area contributed by atoms with E-state index in [-0.39, 0.29) is 0 Å². The summed E-state index contributed by atoms with van der Waals surface area (Å²) in [5.41, 5.74) is 7.81. The maximum Gasteiger partial charge on any atom is 0.0992 e. The number of nitrogens with two attached hydrogens (primary N) is 1. The Morgan fingerprint density at radius 1 is 1.57 bits per heavy atom. The SMILES string of the molecule is C=CCCNc1cc(C#N)ccc1N. The Kier molecular flexibility index (Phi) is 3.57. The average molecular weight is 187 g/mol. The zero-order valence-corrected chi connectivity index (χ0v) is 7.96. The molecule has 3 heteroatoms. The number of anilines is 2. The minimum absolute atomic E-state index is 0.611. The van der Waals surface area contributed by atoms with Crippen LogP contribution >= 0.6 is 0 Å². The van der Waals surface area contributed by atoms with Crippen LogP contribution in [-0.2, 0) is 0 Å². The summed E-state index contributed by atoms with van der Waals surface area (Å²) < 4.78 is 0. The van der Waals surface area contributed by atoms with Gasteiger partial charge in [0.25, 0.3) is 0 Å². The van der Waals surface area contributed by atoms with Crippen molar-refractivity contribution >= 4 is 11.4 Å². The minimum Gasteiger partial charge on any atom is -0.397 e. The number of hydrogen-bond donors (Lipinski definition) is 2. The van der Waals surface area contributed by atoms with Crippen LogP contribution in [-0.4, -0.2) is 6.54 Å². The average Bonchev–Trinajstić information content (AvgIpc) is 2.21. The molecule has 3 N–H and O–H groups in total. The zero-order valence-electron chi connectivity index (χ0n) is 7.96. The molecule has 0 amide bonds. The lowest BCUT2D eigenvalue weighted by molar-refractivity contribution is 1.07. The molecular formula is C11H13N3. The van der Waals surface area contributed by atoms with E-state index >= 15 is 0 Å². The third-order valence-electron chi connectivity index (χ3n) is 1.85. The summed E-state index contributed by atoms with van der Waals surface area (Å²) in [5, 5.41) is 11.8. The third kappa shape index (κ3) is 2.53. The molecule has 0 atom stereocenters. The van der Waals surface area contributed by atoms with Crippen molar-refractivity contribution < 1.29 is 0 Å². The summed E-state index contributed by atoms with van der Waals surface area (Å²) in [6.45, 7) is 4.40. The fourth-order valence-electron chi connectivity index (χ4n) is 1.09. The second-order valence-corrected chi connectivity index (χ2v) is 2.92. The molecule has 0 aliphatic heterocycles. The Hall–Kier alpha value is -1.95. The van der Waals surface area contributed by atoms with Crippen LogP contribution in [0, 0.1) is 11.3 Å². The van der Waals surface area contributed by atoms with E-state index in [0.717, 1.165) is 18.7 Å². The molecule has 0 heterocycles. The van der Waals surface area contributed by atoms with Gasteiger partial charge in [0.1, 0.15) is 0 Å². The molecule has 0 bridgehead atoms. The van der Waals surface area contributed by atoms with Crippen LogP contribution in [0.25, 0.3) is 0 Å². The molecule has 14 heavy (non-hydrogen) atoms. The van der Waals surface area contributed by atoms with Gasteiger partial charge in [0.15, 0.2) is 0 Å². The summed E-state index contributed by atoms with van der Waals surface area (Å²) in [5.74, 6) is 0. The Morgan fingerprint density at radius 2 is 2.36 bits per heavy atom. The van der Waals surface area contributed by atoms with Crippen molar-refractivity contribution in [2.45, 2.75) is 6.42 Å². The van der Waals surface area contributed by atoms with E-state index in [9.17, 15) is 0 Å². The van der Waals surface area contributed by atoms with E-state index in [4.69, 9.17) is 11.0 Å². The number of nitrogen functional groups attached to an aromatic ring is 1. The van der Waals surface area contributed by atoms with Gasteiger partial charge in [-0.25, -0.2) is 0 Å². The summed E-state index contributed by atoms with van der Waals surface area (Å²) in [6.07, 6.45) is 2.70. The molecule has 0 radical (unpaired) electrons. The molecule has 0 aromatic heterocycles. The number of nitrogens with one attached hydrogen (secondary N) is 1. The lowest BCUT2D eigenvalue weighted by atomic mass is 10.2. The molecule has 0 spiro atoms. The third-order valence-corrected chi connectivity index (χ3v) is 1.85. The van der Waals surface area contributed by atoms with Gasteiger partial charge >= 0.3 is 0 Å². The summed E-state index contributed by atoms with van der Waals surface area (Å²) in [7, 11) is 0. The van der Waals surface area contributed by atoms with Gasteiger partial charge in [0.2, 0.25) is 0 Å². The Balaban J connectivity index is 2.74. The number of rotatable bonds is 4. The highest BCUT2D eigenvalue weighted by Crippen LogP contribution is 2.19. The van der Waals surface area contributed by atoms with E-state index in [1.165, 1.54) is 0 Å². The Morgan fingerprint density at radius 3 is 3.00 bits per heavy atom. The molecule has 0 aliphatic rings. The topological polar surface area (TPSA) is 61.8 Å². The van der Waals surface area contributed by atoms with Crippen LogP contribution in [0.2, 0.25) is 0 Å². The quantitative estimate of drug-likeness (QED) is 0.431. The molecule has 0 aliphatic carbocycles. The minimum atomic E-state index is 0.611. The summed E-state index contributed by atoms with van der Waals surface area (Å²) >= 11 is 0. The number of nitriles is 1. The van der Waals surface area contributed by atoms with Crippen LogP contribution in [0.15, 0.2) is 30.9 Å². The second-order valence-electron chi connectivity index (χ2n) is 2.92. The van der Waals surface area contributed by atoms with Gasteiger partial charge in [-0.15, -0.1) is 6.58 Å². The van der Waals surface area contributed by atoms with Crippen LogP contribution in [0.1, 0.15) is 12.0 Å². The van der Waals surface area contributed by atoms with Gasteiger partial charge in [0, 0.05) is 6.54 Å². The zero-order chi connectivity index (χ0) is 10.4. The van der Waals surface area contributed by atoms with E-state index in [2.05, 4.69) is 18.0 Å². The standard InChI is InChI=1S/C11H13N3/c1-2-3-6-14-11-7-9(8-12)4-5-10(11)13/h2,4-5,7,14H,1,3,6,13H2. The first-order chi connectivity index (χ1) is 6.77. The second kappa shape index (κ2) is 4.93. The molecule has 1 aromatic rings. The lowest BCUT2D eigenvalue weighted by Crippen LogP contribution is -2.03. The van der Waals surface area contributed by atoms with Crippen molar-refractivity contribution in [2.75, 3.05) is 17.6 Å². The molecule has 3 nitrogen and oxygen atoms in total. The normalized spacial score (nSPS) is 9.07. The molecule has 1 rings (SSSR count). The predicted octanol–water partition coefficient (Wildman–Crippen LogP) is 2.13. The van der Waals surface area contributed by atoms with Crippen molar-refractivity contribution in [3.63, 3.8) is 0 Å². The van der Waals surface area contributed by atoms with Crippen molar-refractivity contribution in [1.82, 2.24) is 0 Å². The molecule has 1 aromatic carbocycles. The summed E-state index contributed by atoms with van der Waals surface area (Å²) in [4.78, 5) is 0. The van der Waals surface area contributed by atoms with Gasteiger partial charge in [-0.1, -0.05) is 6.08 Å². The molecular weight excluding hydrogens is 174 g/mol. The van der Waals surface area contributed by atoms with E-state index in [1.54, 1.807) is 18.2 Å². The first-order valence-corrected chi connectivity index (χ1v) is 4.42. The lowest BCUT2D eigenvalue weighted by Gasteiger charge is -2.07. The first kappa shape index (κ1) is 10.1. The highest BCUT2D eigenvalue weighted by Gasteiger charge is 1.99. The van der Waals surface area contributed by atoms with Crippen LogP contribution < -0.4 is 11.1 Å². The molecule has 0 fully saturated rings. The fraction of sp³-hybridized carbons (Fsp3) is 0.182. The van der Waals surface area contributed by atoms with Crippen LogP contribution in [0.3, 0.4) is 0 Å². The molecule has 0 unspecified atom stereocenters. The van der Waals surface area contributed by atoms with Gasteiger partial charge in [0.05, 0.1) is 23.0 Å². The number of hydrogen-bond acceptors (Lipinski definition) is 3. The van der Waals surface area contributed by atoms with Gasteiger partial charge in [-0.3, -0.25) is 0 Å². The predicted molar refractivity (Wildman–Crippen MR) is 58.9 cm³/mol. The fourth-order valence-corrected chi connectivity index (χ4v) is 1.09. The highest BCUT2D eigenvalue weighted by atomic mass is 14.9. The maximum absolute atomic E-state index is 8.69. The van der Waals surface area contributed by atoms with Crippen LogP contribution in [0.4, 0.5) is 11.4 Å².